The van der Waals surface area contributed by atoms with Crippen molar-refractivity contribution in [1.29, 1.82) is 0 Å². The highest BCUT2D eigenvalue weighted by atomic mass is 32.2. The molecule has 100 valence electrons. The largest absolute Gasteiger partial charge is 0.491 e. The van der Waals surface area contributed by atoms with Crippen molar-refractivity contribution in [3.8, 4) is 5.75 Å². The molecule has 0 spiro atoms. The van der Waals surface area contributed by atoms with Gasteiger partial charge in [-0.25, -0.2) is 9.97 Å². The standard InChI is InChI=1S/C14H17N3OS/c1-10(2)18-13-6-4-11(5-7-13)17-12-8-15-14(19-3)16-9-12/h4-10,17H,1-3H3. The summed E-state index contributed by atoms with van der Waals surface area (Å²) in [6, 6.07) is 7.83. The summed E-state index contributed by atoms with van der Waals surface area (Å²) in [6.45, 7) is 4.02. The maximum absolute atomic E-state index is 5.59. The second-order valence-electron chi connectivity index (χ2n) is 4.27. The van der Waals surface area contributed by atoms with Gasteiger partial charge in [0, 0.05) is 5.69 Å². The van der Waals surface area contributed by atoms with Crippen LogP contribution in [0.5, 0.6) is 5.75 Å². The first kappa shape index (κ1) is 13.7. The van der Waals surface area contributed by atoms with Crippen molar-refractivity contribution < 1.29 is 4.74 Å². The average Bonchev–Trinajstić information content (AvgIpc) is 2.41. The van der Waals surface area contributed by atoms with Crippen LogP contribution in [0, 0.1) is 0 Å². The molecule has 0 saturated heterocycles. The number of thioether (sulfide) groups is 1. The SMILES string of the molecule is CSc1ncc(Nc2ccc(OC(C)C)cc2)cn1. The maximum Gasteiger partial charge on any atom is 0.187 e. The summed E-state index contributed by atoms with van der Waals surface area (Å²) < 4.78 is 5.59. The number of hydrogen-bond acceptors (Lipinski definition) is 5. The van der Waals surface area contributed by atoms with Gasteiger partial charge in [-0.2, -0.15) is 0 Å². The third-order valence-corrected chi connectivity index (χ3v) is 2.90. The van der Waals surface area contributed by atoms with Gasteiger partial charge in [0.15, 0.2) is 5.16 Å². The lowest BCUT2D eigenvalue weighted by molar-refractivity contribution is 0.242. The van der Waals surface area contributed by atoms with Crippen LogP contribution >= 0.6 is 11.8 Å². The fraction of sp³-hybridized carbons (Fsp3) is 0.286. The maximum atomic E-state index is 5.59. The van der Waals surface area contributed by atoms with Crippen molar-refractivity contribution in [1.82, 2.24) is 9.97 Å². The van der Waals surface area contributed by atoms with E-state index in [-0.39, 0.29) is 6.10 Å². The lowest BCUT2D eigenvalue weighted by atomic mass is 10.3. The topological polar surface area (TPSA) is 47.0 Å². The second-order valence-corrected chi connectivity index (χ2v) is 5.05. The molecule has 1 aromatic carbocycles. The summed E-state index contributed by atoms with van der Waals surface area (Å²) in [4.78, 5) is 8.43. The van der Waals surface area contributed by atoms with Gasteiger partial charge < -0.3 is 10.1 Å². The molecule has 0 saturated carbocycles. The van der Waals surface area contributed by atoms with Crippen LogP contribution in [-0.4, -0.2) is 22.3 Å². The van der Waals surface area contributed by atoms with E-state index >= 15 is 0 Å². The van der Waals surface area contributed by atoms with Crippen LogP contribution in [0.2, 0.25) is 0 Å². The zero-order chi connectivity index (χ0) is 13.7. The predicted molar refractivity (Wildman–Crippen MR) is 79.3 cm³/mol. The molecular weight excluding hydrogens is 258 g/mol. The number of hydrogen-bond donors (Lipinski definition) is 1. The summed E-state index contributed by atoms with van der Waals surface area (Å²) in [6.07, 6.45) is 5.69. The summed E-state index contributed by atoms with van der Waals surface area (Å²) in [5, 5.41) is 4.02. The number of anilines is 2. The van der Waals surface area contributed by atoms with E-state index in [1.165, 1.54) is 11.8 Å². The normalized spacial score (nSPS) is 10.5. The van der Waals surface area contributed by atoms with E-state index in [0.29, 0.717) is 0 Å². The average molecular weight is 275 g/mol. The van der Waals surface area contributed by atoms with Gasteiger partial charge in [0.25, 0.3) is 0 Å². The smallest absolute Gasteiger partial charge is 0.187 e. The van der Waals surface area contributed by atoms with E-state index < -0.39 is 0 Å². The molecule has 0 amide bonds. The summed E-state index contributed by atoms with van der Waals surface area (Å²) in [7, 11) is 0. The Balaban J connectivity index is 2.02. The van der Waals surface area contributed by atoms with Crippen molar-refractivity contribution in [2.75, 3.05) is 11.6 Å². The molecule has 0 aliphatic heterocycles. The van der Waals surface area contributed by atoms with Gasteiger partial charge in [-0.3, -0.25) is 0 Å². The van der Waals surface area contributed by atoms with Crippen molar-refractivity contribution in [2.45, 2.75) is 25.1 Å². The van der Waals surface area contributed by atoms with Gasteiger partial charge in [-0.1, -0.05) is 11.8 Å². The first-order valence-electron chi connectivity index (χ1n) is 6.07. The Kier molecular flexibility index (Phi) is 4.63. The third kappa shape index (κ3) is 4.13. The molecule has 0 aliphatic carbocycles. The van der Waals surface area contributed by atoms with Gasteiger partial charge in [0.2, 0.25) is 0 Å². The van der Waals surface area contributed by atoms with Crippen LogP contribution in [0.3, 0.4) is 0 Å². The van der Waals surface area contributed by atoms with Crippen LogP contribution in [-0.2, 0) is 0 Å². The third-order valence-electron chi connectivity index (χ3n) is 2.33. The monoisotopic (exact) mass is 275 g/mol. The molecule has 1 N–H and O–H groups in total. The van der Waals surface area contributed by atoms with E-state index in [9.17, 15) is 0 Å². The summed E-state index contributed by atoms with van der Waals surface area (Å²) >= 11 is 1.52. The summed E-state index contributed by atoms with van der Waals surface area (Å²) in [5.41, 5.74) is 1.85. The molecule has 2 aromatic rings. The molecular formula is C14H17N3OS. The van der Waals surface area contributed by atoms with Crippen molar-refractivity contribution in [3.05, 3.63) is 36.7 Å². The number of benzene rings is 1. The van der Waals surface area contributed by atoms with E-state index in [4.69, 9.17) is 4.74 Å². The fourth-order valence-electron chi connectivity index (χ4n) is 1.54. The number of nitrogens with one attached hydrogen (secondary N) is 1. The van der Waals surface area contributed by atoms with Crippen LogP contribution in [0.1, 0.15) is 13.8 Å². The number of rotatable bonds is 5. The Morgan fingerprint density at radius 2 is 1.68 bits per heavy atom. The van der Waals surface area contributed by atoms with E-state index in [1.54, 1.807) is 12.4 Å². The lowest BCUT2D eigenvalue weighted by Gasteiger charge is -2.11. The van der Waals surface area contributed by atoms with Crippen LogP contribution in [0.15, 0.2) is 41.8 Å². The van der Waals surface area contributed by atoms with E-state index in [2.05, 4.69) is 15.3 Å². The number of ether oxygens (including phenoxy) is 1. The molecule has 0 atom stereocenters. The fourth-order valence-corrected chi connectivity index (χ4v) is 1.86. The Morgan fingerprint density at radius 3 is 2.21 bits per heavy atom. The molecule has 2 rings (SSSR count). The molecule has 4 nitrogen and oxygen atoms in total. The Hall–Kier alpha value is -1.75. The van der Waals surface area contributed by atoms with Crippen molar-refractivity contribution >= 4 is 23.1 Å². The first-order valence-corrected chi connectivity index (χ1v) is 7.29. The Bertz CT molecular complexity index is 511. The molecule has 0 aliphatic rings. The highest BCUT2D eigenvalue weighted by Gasteiger charge is 2.00. The minimum Gasteiger partial charge on any atom is -0.491 e. The second kappa shape index (κ2) is 6.43. The minimum atomic E-state index is 0.186. The Labute approximate surface area is 117 Å². The van der Waals surface area contributed by atoms with Crippen LogP contribution < -0.4 is 10.1 Å². The number of aromatic nitrogens is 2. The zero-order valence-electron chi connectivity index (χ0n) is 11.3. The highest BCUT2D eigenvalue weighted by Crippen LogP contribution is 2.20. The number of nitrogens with zero attached hydrogens (tertiary/aromatic N) is 2. The molecule has 1 aromatic heterocycles. The lowest BCUT2D eigenvalue weighted by Crippen LogP contribution is -2.05. The van der Waals surface area contributed by atoms with Gasteiger partial charge in [0.1, 0.15) is 5.75 Å². The zero-order valence-corrected chi connectivity index (χ0v) is 12.1. The van der Waals surface area contributed by atoms with Crippen LogP contribution in [0.4, 0.5) is 11.4 Å². The van der Waals surface area contributed by atoms with Gasteiger partial charge >= 0.3 is 0 Å². The minimum absolute atomic E-state index is 0.186. The van der Waals surface area contributed by atoms with Gasteiger partial charge in [0.05, 0.1) is 24.2 Å². The predicted octanol–water partition coefficient (Wildman–Crippen LogP) is 3.73. The molecule has 0 unspecified atom stereocenters. The molecule has 0 fully saturated rings. The Morgan fingerprint density at radius 1 is 1.05 bits per heavy atom. The molecule has 19 heavy (non-hydrogen) atoms. The molecule has 0 radical (unpaired) electrons. The molecule has 0 bridgehead atoms. The van der Waals surface area contributed by atoms with Gasteiger partial charge in [-0.15, -0.1) is 0 Å². The van der Waals surface area contributed by atoms with E-state index in [1.807, 2.05) is 44.4 Å². The summed E-state index contributed by atoms with van der Waals surface area (Å²) in [5.74, 6) is 0.870. The first-order chi connectivity index (χ1) is 9.17. The van der Waals surface area contributed by atoms with Crippen LogP contribution in [0.25, 0.3) is 0 Å². The highest BCUT2D eigenvalue weighted by molar-refractivity contribution is 7.98. The quantitative estimate of drug-likeness (QED) is 0.665. The molecule has 5 heteroatoms. The van der Waals surface area contributed by atoms with Crippen molar-refractivity contribution in [3.63, 3.8) is 0 Å². The van der Waals surface area contributed by atoms with E-state index in [0.717, 1.165) is 22.3 Å². The molecule has 1 heterocycles. The van der Waals surface area contributed by atoms with Gasteiger partial charge in [-0.05, 0) is 44.4 Å². The van der Waals surface area contributed by atoms with Crippen molar-refractivity contribution in [2.24, 2.45) is 0 Å².